The van der Waals surface area contributed by atoms with Gasteiger partial charge in [0.2, 0.25) is 23.1 Å². The molecule has 1 aliphatic carbocycles. The number of carbonyl (C=O) groups excluding carboxylic acids is 5. The van der Waals surface area contributed by atoms with Gasteiger partial charge in [-0.3, -0.25) is 34.1 Å². The number of benzene rings is 4. The summed E-state index contributed by atoms with van der Waals surface area (Å²) in [4.78, 5) is 87.0. The highest BCUT2D eigenvalue weighted by molar-refractivity contribution is 6.07. The monoisotopic (exact) mass is 989 g/mol. The van der Waals surface area contributed by atoms with Crippen LogP contribution in [0.3, 0.4) is 0 Å². The Hall–Kier alpha value is -8.54. The lowest BCUT2D eigenvalue weighted by molar-refractivity contribution is -0.274. The number of methoxy groups -OCH3 is 1. The van der Waals surface area contributed by atoms with Crippen molar-refractivity contribution < 1.29 is 60.5 Å². The van der Waals surface area contributed by atoms with E-state index in [2.05, 4.69) is 42.5 Å². The summed E-state index contributed by atoms with van der Waals surface area (Å²) in [7, 11) is 2.93. The van der Waals surface area contributed by atoms with Gasteiger partial charge in [0.05, 0.1) is 28.9 Å². The fourth-order valence-electron chi connectivity index (χ4n) is 9.09. The maximum atomic E-state index is 15.6. The molecule has 1 saturated heterocycles. The van der Waals surface area contributed by atoms with Gasteiger partial charge in [-0.1, -0.05) is 11.8 Å². The molecule has 0 bridgehead atoms. The average Bonchev–Trinajstić information content (AvgIpc) is 3.66. The zero-order valence-electron chi connectivity index (χ0n) is 38.7. The number of nitrogens with zero attached hydrogens (tertiary/aromatic N) is 4. The maximum Gasteiger partial charge on any atom is 0.573 e. The van der Waals surface area contributed by atoms with E-state index in [1.807, 2.05) is 6.07 Å². The molecule has 5 amide bonds. The molecule has 9 rings (SSSR count). The van der Waals surface area contributed by atoms with Gasteiger partial charge < -0.3 is 39.0 Å². The number of hydrogen-bond donors (Lipinski definition) is 3. The summed E-state index contributed by atoms with van der Waals surface area (Å²) in [5, 5.41) is 7.91. The number of piperidine rings is 1. The van der Waals surface area contributed by atoms with Crippen molar-refractivity contribution in [2.45, 2.75) is 70.4 Å². The van der Waals surface area contributed by atoms with Crippen LogP contribution in [0.15, 0.2) is 77.9 Å². The van der Waals surface area contributed by atoms with Crippen LogP contribution in [0.2, 0.25) is 0 Å². The molecule has 2 aromatic heterocycles. The van der Waals surface area contributed by atoms with Crippen molar-refractivity contribution in [3.8, 4) is 40.7 Å². The quantitative estimate of drug-likeness (QED) is 0.0700. The topological polar surface area (TPSA) is 209 Å². The van der Waals surface area contributed by atoms with E-state index >= 15 is 4.39 Å². The number of rotatable bonds is 11. The Labute approximate surface area is 406 Å². The molecule has 0 radical (unpaired) electrons. The number of aromatic nitrogens is 3. The van der Waals surface area contributed by atoms with Gasteiger partial charge in [0.25, 0.3) is 17.7 Å². The molecule has 17 nitrogen and oxygen atoms in total. The van der Waals surface area contributed by atoms with Crippen LogP contribution in [-0.4, -0.2) is 81.1 Å². The van der Waals surface area contributed by atoms with Crippen LogP contribution < -0.4 is 40.3 Å². The number of fused-ring (bicyclic) bond motifs is 3. The summed E-state index contributed by atoms with van der Waals surface area (Å²) in [5.74, 6) is 2.82. The Morgan fingerprint density at radius 3 is 2.43 bits per heavy atom. The number of ether oxygens (including phenoxy) is 4. The first-order valence-electron chi connectivity index (χ1n) is 22.6. The number of hydrogen-bond acceptors (Lipinski definition) is 12. The van der Waals surface area contributed by atoms with E-state index < -0.39 is 41.2 Å². The van der Waals surface area contributed by atoms with Crippen molar-refractivity contribution in [2.24, 2.45) is 13.0 Å². The van der Waals surface area contributed by atoms with Crippen molar-refractivity contribution in [1.29, 1.82) is 0 Å². The van der Waals surface area contributed by atoms with Crippen molar-refractivity contribution in [3.63, 3.8) is 0 Å². The van der Waals surface area contributed by atoms with E-state index in [1.165, 1.54) is 67.2 Å². The number of pyridine rings is 1. The van der Waals surface area contributed by atoms with Gasteiger partial charge in [-0.25, -0.2) is 14.4 Å². The molecule has 6 aromatic rings. The highest BCUT2D eigenvalue weighted by Crippen LogP contribution is 2.37. The van der Waals surface area contributed by atoms with Crippen LogP contribution in [-0.2, 0) is 28.0 Å². The first kappa shape index (κ1) is 48.5. The number of nitrogens with one attached hydrogen (secondary N) is 3. The lowest BCUT2D eigenvalue weighted by atomic mass is 9.86. The molecule has 1 unspecified atom stereocenters. The van der Waals surface area contributed by atoms with Gasteiger partial charge >= 0.3 is 6.36 Å². The minimum absolute atomic E-state index is 0.0601. The summed E-state index contributed by atoms with van der Waals surface area (Å²) >= 11 is 0. The Balaban J connectivity index is 0.787. The number of halogens is 4. The van der Waals surface area contributed by atoms with Gasteiger partial charge in [-0.15, -0.1) is 13.2 Å². The maximum absolute atomic E-state index is 15.6. The molecule has 3 N–H and O–H groups in total. The molecule has 1 atom stereocenters. The van der Waals surface area contributed by atoms with E-state index in [-0.39, 0.29) is 107 Å². The van der Waals surface area contributed by atoms with E-state index in [0.29, 0.717) is 29.3 Å². The minimum Gasteiger partial charge on any atom is -0.493 e. The smallest absolute Gasteiger partial charge is 0.493 e. The summed E-state index contributed by atoms with van der Waals surface area (Å²) < 4.78 is 77.0. The van der Waals surface area contributed by atoms with E-state index in [4.69, 9.17) is 14.2 Å². The van der Waals surface area contributed by atoms with Crippen LogP contribution in [0.5, 0.6) is 28.9 Å². The Morgan fingerprint density at radius 1 is 0.903 bits per heavy atom. The highest BCUT2D eigenvalue weighted by atomic mass is 19.4. The number of alkyl halides is 3. The third-order valence-corrected chi connectivity index (χ3v) is 12.8. The third-order valence-electron chi connectivity index (χ3n) is 12.8. The normalized spacial score (nSPS) is 17.7. The lowest BCUT2D eigenvalue weighted by Crippen LogP contribution is -2.52. The molecule has 370 valence electrons. The summed E-state index contributed by atoms with van der Waals surface area (Å²) in [5.41, 5.74) is 1.54. The number of imide groups is 1. The van der Waals surface area contributed by atoms with Gasteiger partial charge in [0.15, 0.2) is 29.7 Å². The zero-order valence-corrected chi connectivity index (χ0v) is 38.7. The molecule has 4 aromatic carbocycles. The van der Waals surface area contributed by atoms with Gasteiger partial charge in [0, 0.05) is 66.6 Å². The van der Waals surface area contributed by atoms with Gasteiger partial charge in [0.1, 0.15) is 23.7 Å². The molecule has 72 heavy (non-hydrogen) atoms. The standard InChI is InChI=1S/C51H43F4N7O10/c1-26-45(46(65)35-20-32(72-51(53,54)55)12-14-38(35)61(26)2)48(67)59-31-11-16-40(36(52)19-31)71-49-34-21-41(69-3)42(22-37(34)56-25-57-49)70-24-44(64)58-30-9-6-27(7-10-30)4-5-28-8-13-33-29(18-28)23-62(50(33)68)39-15-17-43(63)60-47(39)66/h8,11-14,16,18-22,25,27,30,39H,6-7,9-10,15,17,23-24H2,1-3H3,(H,58,64)(H,59,67)(H,60,63,66). The number of amides is 5. The lowest BCUT2D eigenvalue weighted by Gasteiger charge is -2.29. The molecule has 2 fully saturated rings. The van der Waals surface area contributed by atoms with E-state index in [9.17, 15) is 41.9 Å². The summed E-state index contributed by atoms with van der Waals surface area (Å²) in [6.07, 6.45) is -0.442. The van der Waals surface area contributed by atoms with Crippen LogP contribution in [0.1, 0.15) is 76.1 Å². The van der Waals surface area contributed by atoms with Crippen LogP contribution >= 0.6 is 0 Å². The first-order valence-corrected chi connectivity index (χ1v) is 22.6. The molecule has 21 heteroatoms. The van der Waals surface area contributed by atoms with Gasteiger partial charge in [-0.05, 0) is 99.2 Å². The first-order chi connectivity index (χ1) is 34.4. The van der Waals surface area contributed by atoms with E-state index in [1.54, 1.807) is 12.1 Å². The zero-order chi connectivity index (χ0) is 51.0. The SMILES string of the molecule is COc1cc2c(Oc3ccc(NC(=O)c4c(C)n(C)c5ccc(OC(F)(F)F)cc5c4=O)cc3F)ncnc2cc1OCC(=O)NC1CCC(C#Cc2ccc3c(c2)CN(C2CCC(=O)NC2=O)C3=O)CC1. The van der Waals surface area contributed by atoms with Crippen LogP contribution in [0.25, 0.3) is 21.8 Å². The second kappa shape index (κ2) is 19.7. The van der Waals surface area contributed by atoms with Crippen molar-refractivity contribution >= 4 is 57.0 Å². The van der Waals surface area contributed by atoms with Crippen molar-refractivity contribution in [3.05, 3.63) is 117 Å². The average molecular weight is 990 g/mol. The third kappa shape index (κ3) is 10.2. The number of anilines is 1. The van der Waals surface area contributed by atoms with Gasteiger partial charge in [-0.2, -0.15) is 0 Å². The second-order valence-corrected chi connectivity index (χ2v) is 17.4. The molecule has 2 aliphatic heterocycles. The molecule has 3 aliphatic rings. The second-order valence-electron chi connectivity index (χ2n) is 17.4. The van der Waals surface area contributed by atoms with Crippen LogP contribution in [0, 0.1) is 30.5 Å². The molecular formula is C51H43F4N7O10. The predicted octanol–water partition coefficient (Wildman–Crippen LogP) is 6.75. The fourth-order valence-corrected chi connectivity index (χ4v) is 9.09. The molecule has 1 saturated carbocycles. The molecule has 4 heterocycles. The molecular weight excluding hydrogens is 947 g/mol. The number of carbonyl (C=O) groups is 5. The van der Waals surface area contributed by atoms with Crippen molar-refractivity contribution in [1.82, 2.24) is 30.1 Å². The van der Waals surface area contributed by atoms with Crippen molar-refractivity contribution in [2.75, 3.05) is 19.0 Å². The Morgan fingerprint density at radius 2 is 1.69 bits per heavy atom. The Bertz CT molecular complexity index is 3360. The van der Waals surface area contributed by atoms with E-state index in [0.717, 1.165) is 42.2 Å². The summed E-state index contributed by atoms with van der Waals surface area (Å²) in [6, 6.07) is 14.3. The minimum atomic E-state index is -5.00. The molecule has 0 spiro atoms. The highest BCUT2D eigenvalue weighted by Gasteiger charge is 2.39. The summed E-state index contributed by atoms with van der Waals surface area (Å²) in [6.45, 7) is 1.42. The fraction of sp³-hybridized carbons (Fsp3) is 0.294. The predicted molar refractivity (Wildman–Crippen MR) is 250 cm³/mol. The number of aryl methyl sites for hydroxylation is 1. The largest absolute Gasteiger partial charge is 0.573 e. The van der Waals surface area contributed by atoms with Crippen LogP contribution in [0.4, 0.5) is 23.2 Å². The Kier molecular flexibility index (Phi) is 13.3.